The van der Waals surface area contributed by atoms with Crippen LogP contribution in [0.5, 0.6) is 5.75 Å². The second-order valence-corrected chi connectivity index (χ2v) is 13.6. The van der Waals surface area contributed by atoms with Crippen molar-refractivity contribution in [2.24, 2.45) is 0 Å². The van der Waals surface area contributed by atoms with Crippen molar-refractivity contribution in [3.8, 4) is 5.75 Å². The maximum absolute atomic E-state index is 12.7. The average Bonchev–Trinajstić information content (AvgIpc) is 3.02. The molecule has 0 unspecified atom stereocenters. The number of hydrogen-bond donors (Lipinski definition) is 3. The molecule has 1 aliphatic heterocycles. The highest BCUT2D eigenvalue weighted by Crippen LogP contribution is 2.32. The van der Waals surface area contributed by atoms with Crippen LogP contribution in [0.2, 0.25) is 0 Å². The number of aryl methyl sites for hydroxylation is 1. The van der Waals surface area contributed by atoms with Crippen LogP contribution < -0.4 is 14.8 Å². The molecule has 3 aromatic carbocycles. The monoisotopic (exact) mass is 624 g/mol. The normalized spacial score (nSPS) is 15.0. The van der Waals surface area contributed by atoms with Crippen LogP contribution in [0.1, 0.15) is 80.7 Å². The Morgan fingerprint density at radius 3 is 2.45 bits per heavy atom. The Bertz CT molecular complexity index is 1400. The van der Waals surface area contributed by atoms with Crippen molar-refractivity contribution in [2.75, 3.05) is 26.3 Å². The minimum atomic E-state index is -3.56. The Morgan fingerprint density at radius 1 is 0.886 bits per heavy atom. The minimum absolute atomic E-state index is 0.272. The maximum atomic E-state index is 12.7. The summed E-state index contributed by atoms with van der Waals surface area (Å²) in [6.07, 6.45) is 6.48. The van der Waals surface area contributed by atoms with Crippen LogP contribution in [-0.2, 0) is 39.1 Å². The third kappa shape index (κ3) is 11.3. The second kappa shape index (κ2) is 17.1. The van der Waals surface area contributed by atoms with E-state index in [0.717, 1.165) is 92.7 Å². The number of rotatable bonds is 19. The van der Waals surface area contributed by atoms with Gasteiger partial charge in [0.25, 0.3) is 0 Å². The van der Waals surface area contributed by atoms with Crippen molar-refractivity contribution in [1.82, 2.24) is 10.0 Å². The van der Waals surface area contributed by atoms with Gasteiger partial charge >= 0.3 is 0 Å². The number of nitrogens with one attached hydrogen (secondary N) is 2. The summed E-state index contributed by atoms with van der Waals surface area (Å²) in [7, 11) is -3.56. The molecule has 0 aromatic heterocycles. The molecule has 0 spiro atoms. The standard InChI is InChI=1S/C35H48N2O6S/c1-35(2)42-27-31-24-30(18-19-34(31)43-35)33(38)26-36-20-9-3-4-10-21-41-22-11-8-13-28-16-12-17-32(23-28)44(39,40)37-25-29-14-6-5-7-15-29/h5-7,12,14-19,23-24,33,36-38H,3-4,8-11,13,20-22,25-27H2,1-2H3/t33-/m1/s1. The van der Waals surface area contributed by atoms with Gasteiger partial charge in [-0.1, -0.05) is 61.4 Å². The Kier molecular flexibility index (Phi) is 13.2. The van der Waals surface area contributed by atoms with Gasteiger partial charge in [-0.15, -0.1) is 0 Å². The summed E-state index contributed by atoms with van der Waals surface area (Å²) in [4.78, 5) is 0.304. The molecule has 9 heteroatoms. The fraction of sp³-hybridized carbons (Fsp3) is 0.486. The Balaban J connectivity index is 0.992. The van der Waals surface area contributed by atoms with E-state index < -0.39 is 21.9 Å². The van der Waals surface area contributed by atoms with Crippen molar-refractivity contribution in [3.63, 3.8) is 0 Å². The number of aliphatic hydroxyl groups excluding tert-OH is 1. The smallest absolute Gasteiger partial charge is 0.240 e. The van der Waals surface area contributed by atoms with E-state index in [2.05, 4.69) is 10.0 Å². The number of hydrogen-bond acceptors (Lipinski definition) is 7. The molecule has 1 aliphatic rings. The van der Waals surface area contributed by atoms with Crippen molar-refractivity contribution in [1.29, 1.82) is 0 Å². The van der Waals surface area contributed by atoms with Crippen LogP contribution in [0.3, 0.4) is 0 Å². The molecule has 4 rings (SSSR count). The third-order valence-corrected chi connectivity index (χ3v) is 9.05. The molecule has 3 N–H and O–H groups in total. The lowest BCUT2D eigenvalue weighted by atomic mass is 10.0. The van der Waals surface area contributed by atoms with Gasteiger partial charge < -0.3 is 24.6 Å². The van der Waals surface area contributed by atoms with Crippen molar-refractivity contribution >= 4 is 10.0 Å². The minimum Gasteiger partial charge on any atom is -0.463 e. The van der Waals surface area contributed by atoms with Crippen LogP contribution in [-0.4, -0.2) is 45.6 Å². The van der Waals surface area contributed by atoms with E-state index in [9.17, 15) is 13.5 Å². The zero-order valence-corrected chi connectivity index (χ0v) is 26.9. The Hall–Kier alpha value is -2.79. The van der Waals surface area contributed by atoms with Crippen LogP contribution in [0, 0.1) is 0 Å². The van der Waals surface area contributed by atoms with Crippen LogP contribution in [0.15, 0.2) is 77.7 Å². The molecule has 0 bridgehead atoms. The van der Waals surface area contributed by atoms with Crippen LogP contribution in [0.4, 0.5) is 0 Å². The molecule has 8 nitrogen and oxygen atoms in total. The molecule has 0 fully saturated rings. The summed E-state index contributed by atoms with van der Waals surface area (Å²) in [5.74, 6) is 0.199. The molecule has 1 heterocycles. The summed E-state index contributed by atoms with van der Waals surface area (Å²) < 4.78 is 45.5. The second-order valence-electron chi connectivity index (χ2n) is 11.8. The Morgan fingerprint density at radius 2 is 1.64 bits per heavy atom. The summed E-state index contributed by atoms with van der Waals surface area (Å²) in [6, 6.07) is 22.5. The van der Waals surface area contributed by atoms with Gasteiger partial charge in [-0.25, -0.2) is 13.1 Å². The van der Waals surface area contributed by atoms with E-state index in [1.807, 2.05) is 74.5 Å². The predicted octanol–water partition coefficient (Wildman–Crippen LogP) is 6.03. The fourth-order valence-electron chi connectivity index (χ4n) is 5.09. The number of ether oxygens (including phenoxy) is 3. The van der Waals surface area contributed by atoms with Crippen LogP contribution >= 0.6 is 0 Å². The van der Waals surface area contributed by atoms with Crippen LogP contribution in [0.25, 0.3) is 0 Å². The van der Waals surface area contributed by atoms with E-state index in [1.165, 1.54) is 0 Å². The molecule has 1 atom stereocenters. The molecule has 3 aromatic rings. The largest absolute Gasteiger partial charge is 0.463 e. The van der Waals surface area contributed by atoms with Gasteiger partial charge in [-0.05, 0) is 79.6 Å². The van der Waals surface area contributed by atoms with Gasteiger partial charge in [0.2, 0.25) is 15.8 Å². The van der Waals surface area contributed by atoms with Gasteiger partial charge in [0.15, 0.2) is 0 Å². The first-order chi connectivity index (χ1) is 21.2. The Labute approximate surface area is 263 Å². The van der Waals surface area contributed by atoms with Gasteiger partial charge in [-0.3, -0.25) is 0 Å². The van der Waals surface area contributed by atoms with E-state index in [-0.39, 0.29) is 6.54 Å². The zero-order valence-electron chi connectivity index (χ0n) is 26.1. The lowest BCUT2D eigenvalue weighted by Gasteiger charge is -2.33. The highest BCUT2D eigenvalue weighted by Gasteiger charge is 2.27. The molecule has 0 saturated heterocycles. The van der Waals surface area contributed by atoms with Gasteiger partial charge in [0, 0.05) is 45.7 Å². The fourth-order valence-corrected chi connectivity index (χ4v) is 6.18. The molecular weight excluding hydrogens is 576 g/mol. The van der Waals surface area contributed by atoms with Gasteiger partial charge in [0.1, 0.15) is 5.75 Å². The number of aliphatic hydroxyl groups is 1. The van der Waals surface area contributed by atoms with Gasteiger partial charge in [0.05, 0.1) is 17.6 Å². The summed E-state index contributed by atoms with van der Waals surface area (Å²) in [5.41, 5.74) is 3.78. The first kappa shape index (κ1) is 34.1. The van der Waals surface area contributed by atoms with Crippen molar-refractivity contribution < 1.29 is 27.7 Å². The zero-order chi connectivity index (χ0) is 31.3. The predicted molar refractivity (Wildman–Crippen MR) is 173 cm³/mol. The lowest BCUT2D eigenvalue weighted by Crippen LogP contribution is -2.35. The SMILES string of the molecule is CC1(C)OCc2cc([C@H](O)CNCCCCCCOCCCCc3cccc(S(=O)(=O)NCc4ccccc4)c3)ccc2O1. The summed E-state index contributed by atoms with van der Waals surface area (Å²) in [6.45, 7) is 7.41. The first-order valence-corrected chi connectivity index (χ1v) is 17.2. The topological polar surface area (TPSA) is 106 Å². The highest BCUT2D eigenvalue weighted by atomic mass is 32.2. The van der Waals surface area contributed by atoms with E-state index >= 15 is 0 Å². The first-order valence-electron chi connectivity index (χ1n) is 15.8. The molecule has 240 valence electrons. The third-order valence-electron chi connectivity index (χ3n) is 7.65. The summed E-state index contributed by atoms with van der Waals surface area (Å²) in [5, 5.41) is 13.9. The molecular formula is C35H48N2O6S. The lowest BCUT2D eigenvalue weighted by molar-refractivity contribution is -0.180. The van der Waals surface area contributed by atoms with E-state index in [0.29, 0.717) is 18.0 Å². The highest BCUT2D eigenvalue weighted by molar-refractivity contribution is 7.89. The quantitative estimate of drug-likeness (QED) is 0.140. The van der Waals surface area contributed by atoms with E-state index in [1.54, 1.807) is 12.1 Å². The molecule has 0 radical (unpaired) electrons. The molecule has 0 amide bonds. The van der Waals surface area contributed by atoms with Crippen molar-refractivity contribution in [2.45, 2.75) is 88.7 Å². The number of fused-ring (bicyclic) bond motifs is 1. The summed E-state index contributed by atoms with van der Waals surface area (Å²) >= 11 is 0. The molecule has 0 saturated carbocycles. The molecule has 44 heavy (non-hydrogen) atoms. The maximum Gasteiger partial charge on any atom is 0.240 e. The number of sulfonamides is 1. The van der Waals surface area contributed by atoms with Crippen molar-refractivity contribution in [3.05, 3.63) is 95.1 Å². The average molecular weight is 625 g/mol. The number of benzene rings is 3. The van der Waals surface area contributed by atoms with E-state index in [4.69, 9.17) is 14.2 Å². The number of unbranched alkanes of at least 4 members (excludes halogenated alkanes) is 4. The molecule has 0 aliphatic carbocycles. The van der Waals surface area contributed by atoms with Gasteiger partial charge in [-0.2, -0.15) is 0 Å².